The Morgan fingerprint density at radius 2 is 1.67 bits per heavy atom. The molecule has 5 nitrogen and oxygen atoms in total. The van der Waals surface area contributed by atoms with Gasteiger partial charge < -0.3 is 14.4 Å². The quantitative estimate of drug-likeness (QED) is 0.781. The Balaban J connectivity index is 1.69. The number of nitrogens with zero attached hydrogens (tertiary/aromatic N) is 2. The van der Waals surface area contributed by atoms with Gasteiger partial charge in [0.05, 0.1) is 13.2 Å². The molecule has 0 saturated heterocycles. The van der Waals surface area contributed by atoms with Crippen molar-refractivity contribution in [1.29, 1.82) is 0 Å². The minimum Gasteiger partial charge on any atom is -0.508 e. The van der Waals surface area contributed by atoms with Gasteiger partial charge in [0.1, 0.15) is 5.75 Å². The van der Waals surface area contributed by atoms with Crippen LogP contribution < -0.4 is 0 Å². The van der Waals surface area contributed by atoms with Gasteiger partial charge >= 0.3 is 0 Å². The van der Waals surface area contributed by atoms with E-state index in [0.29, 0.717) is 24.9 Å². The lowest BCUT2D eigenvalue weighted by Crippen LogP contribution is -1.85. The molecule has 1 N–H and O–H groups in total. The molecule has 0 aliphatic carbocycles. The van der Waals surface area contributed by atoms with Crippen LogP contribution in [0.1, 0.15) is 11.1 Å². The number of hydrogen-bond acceptors (Lipinski definition) is 5. The number of aromatic hydroxyl groups is 1. The van der Waals surface area contributed by atoms with Crippen LogP contribution in [0.3, 0.4) is 0 Å². The van der Waals surface area contributed by atoms with Gasteiger partial charge in [-0.1, -0.05) is 11.2 Å². The maximum Gasteiger partial charge on any atom is 0.258 e. The molecule has 104 valence electrons. The molecule has 0 bridgehead atoms. The lowest BCUT2D eigenvalue weighted by molar-refractivity contribution is 0.134. The van der Waals surface area contributed by atoms with E-state index in [2.05, 4.69) is 10.1 Å². The number of fused-ring (bicyclic) bond motifs is 1. The highest BCUT2D eigenvalue weighted by molar-refractivity contribution is 5.61. The molecular weight excluding hydrogens is 268 g/mol. The second kappa shape index (κ2) is 4.71. The summed E-state index contributed by atoms with van der Waals surface area (Å²) in [4.78, 5) is 4.41. The smallest absolute Gasteiger partial charge is 0.258 e. The molecule has 21 heavy (non-hydrogen) atoms. The molecule has 1 aliphatic heterocycles. The normalized spacial score (nSPS) is 13.3. The first-order chi connectivity index (χ1) is 10.3. The first-order valence-electron chi connectivity index (χ1n) is 6.62. The van der Waals surface area contributed by atoms with Crippen molar-refractivity contribution in [2.75, 3.05) is 0 Å². The Kier molecular flexibility index (Phi) is 2.72. The summed E-state index contributed by atoms with van der Waals surface area (Å²) in [5, 5.41) is 13.3. The van der Waals surface area contributed by atoms with Gasteiger partial charge in [-0.15, -0.1) is 0 Å². The SMILES string of the molecule is Oc1ccc(-c2noc(-c3ccc4c(c3)COC4)n2)cc1. The van der Waals surface area contributed by atoms with E-state index < -0.39 is 0 Å². The number of phenols is 1. The zero-order valence-electron chi connectivity index (χ0n) is 11.1. The Bertz CT molecular complexity index is 794. The molecule has 0 spiro atoms. The fourth-order valence-corrected chi connectivity index (χ4v) is 2.37. The second-order valence-electron chi connectivity index (χ2n) is 4.95. The lowest BCUT2D eigenvalue weighted by atomic mass is 10.1. The molecule has 4 rings (SSSR count). The molecule has 5 heteroatoms. The molecule has 3 aromatic rings. The first-order valence-corrected chi connectivity index (χ1v) is 6.62. The summed E-state index contributed by atoms with van der Waals surface area (Å²) in [5.74, 6) is 1.19. The van der Waals surface area contributed by atoms with Gasteiger partial charge in [0, 0.05) is 11.1 Å². The Morgan fingerprint density at radius 3 is 2.52 bits per heavy atom. The van der Waals surface area contributed by atoms with Crippen LogP contribution in [-0.4, -0.2) is 15.2 Å². The summed E-state index contributed by atoms with van der Waals surface area (Å²) < 4.78 is 10.7. The van der Waals surface area contributed by atoms with Crippen LogP contribution in [0.5, 0.6) is 5.75 Å². The molecule has 0 atom stereocenters. The number of rotatable bonds is 2. The van der Waals surface area contributed by atoms with Crippen molar-refractivity contribution < 1.29 is 14.4 Å². The molecule has 1 aliphatic rings. The standard InChI is InChI=1S/C16H12N2O3/c19-14-5-3-10(4-6-14)15-17-16(21-18-15)11-1-2-12-8-20-9-13(12)7-11/h1-7,19H,8-9H2. The van der Waals surface area contributed by atoms with Crippen molar-refractivity contribution in [1.82, 2.24) is 10.1 Å². The van der Waals surface area contributed by atoms with E-state index in [1.807, 2.05) is 18.2 Å². The summed E-state index contributed by atoms with van der Waals surface area (Å²) in [6, 6.07) is 12.7. The number of aromatic nitrogens is 2. The number of hydrogen-bond donors (Lipinski definition) is 1. The molecule has 0 fully saturated rings. The van der Waals surface area contributed by atoms with Gasteiger partial charge in [0.2, 0.25) is 5.82 Å². The average Bonchev–Trinajstić information content (AvgIpc) is 3.16. The molecule has 2 aromatic carbocycles. The van der Waals surface area contributed by atoms with Crippen LogP contribution in [0.4, 0.5) is 0 Å². The third kappa shape index (κ3) is 2.17. The highest BCUT2D eigenvalue weighted by Gasteiger charge is 2.15. The van der Waals surface area contributed by atoms with Gasteiger partial charge in [-0.25, -0.2) is 0 Å². The van der Waals surface area contributed by atoms with E-state index in [1.165, 1.54) is 5.56 Å². The van der Waals surface area contributed by atoms with E-state index in [4.69, 9.17) is 9.26 Å². The Labute approximate surface area is 120 Å². The third-order valence-corrected chi connectivity index (χ3v) is 3.52. The second-order valence-corrected chi connectivity index (χ2v) is 4.95. The summed E-state index contributed by atoms with van der Waals surface area (Å²) in [6.45, 7) is 1.29. The van der Waals surface area contributed by atoms with Gasteiger partial charge in [-0.05, 0) is 47.5 Å². The summed E-state index contributed by atoms with van der Waals surface area (Å²) in [7, 11) is 0. The van der Waals surface area contributed by atoms with Crippen LogP contribution in [0.25, 0.3) is 22.8 Å². The van der Waals surface area contributed by atoms with E-state index in [0.717, 1.165) is 16.7 Å². The van der Waals surface area contributed by atoms with Crippen molar-refractivity contribution in [2.24, 2.45) is 0 Å². The number of benzene rings is 2. The fraction of sp³-hybridized carbons (Fsp3) is 0.125. The maximum atomic E-state index is 9.30. The highest BCUT2D eigenvalue weighted by atomic mass is 16.5. The highest BCUT2D eigenvalue weighted by Crippen LogP contribution is 2.27. The molecule has 0 amide bonds. The zero-order chi connectivity index (χ0) is 14.2. The first kappa shape index (κ1) is 12.1. The van der Waals surface area contributed by atoms with Crippen molar-refractivity contribution in [3.05, 3.63) is 53.6 Å². The molecular formula is C16H12N2O3. The lowest BCUT2D eigenvalue weighted by Gasteiger charge is -1.98. The Hall–Kier alpha value is -2.66. The summed E-state index contributed by atoms with van der Waals surface area (Å²) in [5.41, 5.74) is 4.05. The largest absolute Gasteiger partial charge is 0.508 e. The fourth-order valence-electron chi connectivity index (χ4n) is 2.37. The monoisotopic (exact) mass is 280 g/mol. The zero-order valence-corrected chi connectivity index (χ0v) is 11.1. The molecule has 2 heterocycles. The molecule has 0 radical (unpaired) electrons. The van der Waals surface area contributed by atoms with Gasteiger partial charge in [0.15, 0.2) is 0 Å². The van der Waals surface area contributed by atoms with Crippen LogP contribution in [-0.2, 0) is 18.0 Å². The van der Waals surface area contributed by atoms with Crippen LogP contribution in [0.15, 0.2) is 47.0 Å². The average molecular weight is 280 g/mol. The summed E-state index contributed by atoms with van der Waals surface area (Å²) >= 11 is 0. The molecule has 0 saturated carbocycles. The van der Waals surface area contributed by atoms with E-state index in [9.17, 15) is 5.11 Å². The Morgan fingerprint density at radius 1 is 0.905 bits per heavy atom. The molecule has 1 aromatic heterocycles. The minimum absolute atomic E-state index is 0.209. The number of ether oxygens (including phenoxy) is 1. The van der Waals surface area contributed by atoms with Gasteiger partial charge in [0.25, 0.3) is 5.89 Å². The summed E-state index contributed by atoms with van der Waals surface area (Å²) in [6.07, 6.45) is 0. The van der Waals surface area contributed by atoms with E-state index >= 15 is 0 Å². The topological polar surface area (TPSA) is 68.4 Å². The van der Waals surface area contributed by atoms with Crippen molar-refractivity contribution in [3.8, 4) is 28.6 Å². The predicted molar refractivity (Wildman–Crippen MR) is 75.3 cm³/mol. The van der Waals surface area contributed by atoms with Crippen LogP contribution in [0, 0.1) is 0 Å². The van der Waals surface area contributed by atoms with Crippen molar-refractivity contribution >= 4 is 0 Å². The minimum atomic E-state index is 0.209. The van der Waals surface area contributed by atoms with E-state index in [1.54, 1.807) is 24.3 Å². The van der Waals surface area contributed by atoms with Crippen molar-refractivity contribution in [2.45, 2.75) is 13.2 Å². The van der Waals surface area contributed by atoms with Gasteiger partial charge in [-0.2, -0.15) is 4.98 Å². The van der Waals surface area contributed by atoms with E-state index in [-0.39, 0.29) is 5.75 Å². The van der Waals surface area contributed by atoms with Gasteiger partial charge in [-0.3, -0.25) is 0 Å². The number of phenolic OH excluding ortho intramolecular Hbond substituents is 1. The van der Waals surface area contributed by atoms with Crippen molar-refractivity contribution in [3.63, 3.8) is 0 Å². The molecule has 0 unspecified atom stereocenters. The predicted octanol–water partition coefficient (Wildman–Crippen LogP) is 3.14. The van der Waals surface area contributed by atoms with Crippen LogP contribution >= 0.6 is 0 Å². The van der Waals surface area contributed by atoms with Crippen LogP contribution in [0.2, 0.25) is 0 Å². The maximum absolute atomic E-state index is 9.30. The third-order valence-electron chi connectivity index (χ3n) is 3.52.